The van der Waals surface area contributed by atoms with Crippen molar-refractivity contribution >= 4 is 36.2 Å². The van der Waals surface area contributed by atoms with Crippen LogP contribution in [-0.4, -0.2) is 42.7 Å². The highest BCUT2D eigenvalue weighted by atomic mass is 28.4. The SMILES string of the molecule is CC(C)(C)[Si](OC[C@H]1C[C@@H]2C(=O)N(c3cc(C(F)(F)F)cc(C(F)(F)F)c3)C(=O)[C@@H]2[C@@H]2C[C@@H](c3cccc(O)c3)O[C@]12O)(c1ccccc1)c1ccccc1. The minimum absolute atomic E-state index is 0.0416. The maximum absolute atomic E-state index is 14.3. The quantitative estimate of drug-likeness (QED) is 0.114. The third kappa shape index (κ3) is 6.66. The minimum Gasteiger partial charge on any atom is -0.508 e. The first kappa shape index (κ1) is 38.8. The molecule has 290 valence electrons. The molecule has 0 bridgehead atoms. The number of nitrogens with zero attached hydrogens (tertiary/aromatic N) is 1. The number of hydrogen-bond acceptors (Lipinski definition) is 6. The molecule has 1 saturated carbocycles. The van der Waals surface area contributed by atoms with Gasteiger partial charge < -0.3 is 19.4 Å². The summed E-state index contributed by atoms with van der Waals surface area (Å²) in [5.41, 5.74) is -3.74. The van der Waals surface area contributed by atoms with Gasteiger partial charge in [0, 0.05) is 18.4 Å². The normalized spacial score (nSPS) is 25.9. The molecule has 2 aliphatic heterocycles. The maximum atomic E-state index is 14.3. The third-order valence-corrected chi connectivity index (χ3v) is 16.4. The monoisotopic (exact) mass is 783 g/mol. The summed E-state index contributed by atoms with van der Waals surface area (Å²) in [5, 5.41) is 24.3. The molecule has 0 spiro atoms. The number of carbonyl (C=O) groups is 2. The van der Waals surface area contributed by atoms with E-state index >= 15 is 0 Å². The molecule has 7 nitrogen and oxygen atoms in total. The van der Waals surface area contributed by atoms with Crippen LogP contribution in [0.5, 0.6) is 5.75 Å². The second kappa shape index (κ2) is 13.6. The Bertz CT molecular complexity index is 2020. The first-order valence-corrected chi connectivity index (χ1v) is 19.8. The largest absolute Gasteiger partial charge is 0.508 e. The molecule has 4 aromatic carbocycles. The number of phenolic OH excluding ortho intramolecular Hbond substituents is 1. The molecule has 2 amide bonds. The highest BCUT2D eigenvalue weighted by Gasteiger charge is 2.67. The summed E-state index contributed by atoms with van der Waals surface area (Å²) < 4.78 is 97.0. The highest BCUT2D eigenvalue weighted by Crippen LogP contribution is 2.59. The molecule has 55 heavy (non-hydrogen) atoms. The first-order chi connectivity index (χ1) is 25.8. The summed E-state index contributed by atoms with van der Waals surface area (Å²) in [6, 6.07) is 26.0. The number of aromatic hydroxyl groups is 1. The molecule has 2 saturated heterocycles. The van der Waals surface area contributed by atoms with Crippen molar-refractivity contribution in [3.05, 3.63) is 120 Å². The number of ether oxygens (including phenoxy) is 1. The number of hydrogen-bond donors (Lipinski definition) is 2. The smallest absolute Gasteiger partial charge is 0.416 e. The van der Waals surface area contributed by atoms with Crippen molar-refractivity contribution < 1.29 is 55.3 Å². The van der Waals surface area contributed by atoms with E-state index in [1.54, 1.807) is 12.1 Å². The van der Waals surface area contributed by atoms with Gasteiger partial charge in [0.2, 0.25) is 11.8 Å². The van der Waals surface area contributed by atoms with Gasteiger partial charge in [0.15, 0.2) is 5.79 Å². The van der Waals surface area contributed by atoms with E-state index in [1.165, 1.54) is 12.1 Å². The van der Waals surface area contributed by atoms with Crippen LogP contribution >= 0.6 is 0 Å². The molecule has 14 heteroatoms. The zero-order chi connectivity index (χ0) is 39.7. The lowest BCUT2D eigenvalue weighted by Crippen LogP contribution is -2.67. The molecule has 3 fully saturated rings. The standard InChI is InChI=1S/C41H39F6NO6Si/c1-38(2,3)55(30-13-6-4-7-14-30,31-15-8-5-9-16-31)53-23-27-21-32-35(33-22-34(54-39(27,33)52)24-11-10-12-29(49)17-24)37(51)48(36(32)50)28-19-25(40(42,43)44)18-26(20-28)41(45,46)47/h4-20,27,32-35,49,52H,21-23H2,1-3H3/t27-,32+,33+,34+,35+,39-/m1/s1. The molecule has 3 aliphatic rings. The fourth-order valence-electron chi connectivity index (χ4n) is 8.92. The van der Waals surface area contributed by atoms with Crippen LogP contribution in [0, 0.1) is 23.7 Å². The van der Waals surface area contributed by atoms with Crippen LogP contribution in [0.25, 0.3) is 0 Å². The highest BCUT2D eigenvalue weighted by molar-refractivity contribution is 6.99. The zero-order valence-corrected chi connectivity index (χ0v) is 31.1. The van der Waals surface area contributed by atoms with Crippen molar-refractivity contribution in [3.8, 4) is 5.75 Å². The number of amides is 2. The van der Waals surface area contributed by atoms with E-state index in [1.807, 2.05) is 60.7 Å². The van der Waals surface area contributed by atoms with E-state index in [9.17, 15) is 46.1 Å². The van der Waals surface area contributed by atoms with Gasteiger partial charge in [-0.15, -0.1) is 0 Å². The van der Waals surface area contributed by atoms with Gasteiger partial charge in [-0.1, -0.05) is 93.6 Å². The molecule has 0 radical (unpaired) electrons. The van der Waals surface area contributed by atoms with Crippen LogP contribution in [0.4, 0.5) is 32.0 Å². The summed E-state index contributed by atoms with van der Waals surface area (Å²) >= 11 is 0. The number of benzene rings is 4. The van der Waals surface area contributed by atoms with Crippen molar-refractivity contribution in [2.24, 2.45) is 23.7 Å². The molecular weight excluding hydrogens is 745 g/mol. The number of carbonyl (C=O) groups excluding carboxylic acids is 2. The van der Waals surface area contributed by atoms with Crippen LogP contribution in [-0.2, 0) is 31.1 Å². The zero-order valence-electron chi connectivity index (χ0n) is 30.1. The van der Waals surface area contributed by atoms with E-state index < -0.39 is 89.9 Å². The second-order valence-corrected chi connectivity index (χ2v) is 19.9. The summed E-state index contributed by atoms with van der Waals surface area (Å²) in [6.45, 7) is 6.00. The average Bonchev–Trinajstić information content (AvgIpc) is 3.61. The Hall–Kier alpha value is -4.50. The van der Waals surface area contributed by atoms with E-state index in [4.69, 9.17) is 9.16 Å². The van der Waals surface area contributed by atoms with E-state index in [0.717, 1.165) is 10.4 Å². The fraction of sp³-hybridized carbons (Fsp3) is 0.366. The average molecular weight is 784 g/mol. The Morgan fingerprint density at radius 2 is 1.35 bits per heavy atom. The van der Waals surface area contributed by atoms with Crippen molar-refractivity contribution in [2.75, 3.05) is 11.5 Å². The number of halogens is 6. The Morgan fingerprint density at radius 3 is 1.85 bits per heavy atom. The van der Waals surface area contributed by atoms with Crippen molar-refractivity contribution in [1.82, 2.24) is 0 Å². The Balaban J connectivity index is 1.33. The van der Waals surface area contributed by atoms with E-state index in [-0.39, 0.29) is 31.3 Å². The molecule has 0 unspecified atom stereocenters. The van der Waals surface area contributed by atoms with Crippen LogP contribution in [0.2, 0.25) is 5.04 Å². The van der Waals surface area contributed by atoms with Crippen LogP contribution in [0.15, 0.2) is 103 Å². The van der Waals surface area contributed by atoms with Crippen LogP contribution < -0.4 is 15.3 Å². The first-order valence-electron chi connectivity index (χ1n) is 17.9. The summed E-state index contributed by atoms with van der Waals surface area (Å²) in [4.78, 5) is 29.0. The minimum atomic E-state index is -5.22. The molecule has 0 aromatic heterocycles. The number of imide groups is 1. The fourth-order valence-corrected chi connectivity index (χ4v) is 13.5. The summed E-state index contributed by atoms with van der Waals surface area (Å²) in [6.07, 6.45) is -11.6. The molecule has 2 heterocycles. The number of alkyl halides is 6. The molecule has 1 aliphatic carbocycles. The van der Waals surface area contributed by atoms with Gasteiger partial charge in [0.1, 0.15) is 5.75 Å². The van der Waals surface area contributed by atoms with E-state index in [0.29, 0.717) is 22.6 Å². The topological polar surface area (TPSA) is 96.3 Å². The Labute approximate surface area is 314 Å². The van der Waals surface area contributed by atoms with Gasteiger partial charge in [0.05, 0.1) is 34.8 Å². The van der Waals surface area contributed by atoms with Gasteiger partial charge >= 0.3 is 12.4 Å². The van der Waals surface area contributed by atoms with Gasteiger partial charge in [-0.05, 0) is 64.1 Å². The van der Waals surface area contributed by atoms with Crippen molar-refractivity contribution in [3.63, 3.8) is 0 Å². The maximum Gasteiger partial charge on any atom is 0.416 e. The lowest BCUT2D eigenvalue weighted by Gasteiger charge is -2.48. The molecular formula is C41H39F6NO6Si. The van der Waals surface area contributed by atoms with Crippen molar-refractivity contribution in [1.29, 1.82) is 0 Å². The summed E-state index contributed by atoms with van der Waals surface area (Å²) in [7, 11) is -3.25. The number of anilines is 1. The second-order valence-electron chi connectivity index (χ2n) is 15.6. The third-order valence-electron chi connectivity index (χ3n) is 11.4. The molecule has 2 N–H and O–H groups in total. The van der Waals surface area contributed by atoms with Crippen LogP contribution in [0.3, 0.4) is 0 Å². The van der Waals surface area contributed by atoms with Crippen molar-refractivity contribution in [2.45, 2.75) is 62.9 Å². The molecule has 6 atom stereocenters. The lowest BCUT2D eigenvalue weighted by molar-refractivity contribution is -0.273. The predicted octanol–water partition coefficient (Wildman–Crippen LogP) is 7.60. The number of phenols is 1. The molecule has 4 aromatic rings. The number of aliphatic hydroxyl groups is 1. The number of fused-ring (bicyclic) bond motifs is 3. The van der Waals surface area contributed by atoms with Gasteiger partial charge in [-0.25, -0.2) is 0 Å². The number of rotatable bonds is 7. The Kier molecular flexibility index (Phi) is 9.59. The Morgan fingerprint density at radius 1 is 0.782 bits per heavy atom. The predicted molar refractivity (Wildman–Crippen MR) is 193 cm³/mol. The molecule has 7 rings (SSSR count). The van der Waals surface area contributed by atoms with Crippen LogP contribution in [0.1, 0.15) is 56.4 Å². The van der Waals surface area contributed by atoms with Gasteiger partial charge in [-0.3, -0.25) is 14.5 Å². The summed E-state index contributed by atoms with van der Waals surface area (Å²) in [5.74, 6) is -8.88. The van der Waals surface area contributed by atoms with Gasteiger partial charge in [-0.2, -0.15) is 26.3 Å². The van der Waals surface area contributed by atoms with Gasteiger partial charge in [0.25, 0.3) is 8.32 Å². The lowest BCUT2D eigenvalue weighted by atomic mass is 9.64. The van der Waals surface area contributed by atoms with E-state index in [2.05, 4.69) is 20.8 Å².